The standard InChI is InChI=1S/C16H11FN2O2.C15H13FN2O.C15H15N3O.C14H14FN3O.3C13H12FN3O/c17-11-6-5-10(14(20)16-18-7-8-19-16)13-9-3-1-2-4-12(9)21-15(11)13;1-9-3-2-4-10-12(16)6-5-11(13(9)10)14(19)15-17-7-8-18-15;19-14(15-16-6-7-17-15)12-5-1-3-10-9-11-4-2-8-18(11)13(10)12;1-2-18-8-5-9-11(15)4-3-10(12(9)18)13(19)14-16-6-7-17-14;3*1-17-7-4-8-10(14)3-2-9(11(8)17)12(18)13-15-5-6-16-13/h1-8,14,20H,(H,18,19);2-8,14,19H,1H3,(H,17,18);1,3,5-7,9,14,19H,2,4,8H2,(H,16,17);3-8,13,19H,2H2,1H3,(H,16,17);3*2-7,12,18H,1H3,(H,15,16). The quantitative estimate of drug-likeness (QED) is 0.0424. The van der Waals surface area contributed by atoms with Crippen molar-refractivity contribution in [1.29, 1.82) is 0 Å². The van der Waals surface area contributed by atoms with Crippen molar-refractivity contribution in [2.45, 2.75) is 82.5 Å². The molecule has 33 heteroatoms. The van der Waals surface area contributed by atoms with Gasteiger partial charge in [-0.25, -0.2) is 61.2 Å². The number of H-pyrrole nitrogens is 7. The molecule has 0 bridgehead atoms. The number of aromatic amines is 7. The summed E-state index contributed by atoms with van der Waals surface area (Å²) < 4.78 is 97.9. The molecule has 7 unspecified atom stereocenters. The van der Waals surface area contributed by atoms with Gasteiger partial charge in [-0.2, -0.15) is 0 Å². The van der Waals surface area contributed by atoms with Gasteiger partial charge < -0.3 is 97.9 Å². The second kappa shape index (κ2) is 38.4. The van der Waals surface area contributed by atoms with Crippen LogP contribution < -0.4 is 0 Å². The number of halogens is 6. The molecular formula is C99H89F6N19O8. The number of rotatable bonds is 15. The van der Waals surface area contributed by atoms with E-state index in [4.69, 9.17) is 4.42 Å². The third-order valence-electron chi connectivity index (χ3n) is 23.4. The Morgan fingerprint density at radius 1 is 0.341 bits per heavy atom. The van der Waals surface area contributed by atoms with E-state index in [9.17, 15) is 62.1 Å². The lowest BCUT2D eigenvalue weighted by molar-refractivity contribution is 0.212. The highest BCUT2D eigenvalue weighted by atomic mass is 19.1. The second-order valence-corrected chi connectivity index (χ2v) is 31.4. The SMILES string of the molecule is CCn1ccc2c(F)ccc(C(O)c3ncc[nH]3)c21.Cc1cccc2c(F)ccc(C(O)c3ncc[nH]3)c12.Cn1ccc2c(F)ccc(C(O)c3ncc[nH]3)c21.Cn1ccc2c(F)ccc(C(O)c3ncc[nH]3)c21.Cn1ccc2c(F)ccc(C(O)c3ncc[nH]3)c21.OC(c1ncc[nH]1)c1ccc(F)c2oc3ccccc3c12.OC(c1ncc[nH]1)c1cccc2cc3n(c12)CCC3. The van der Waals surface area contributed by atoms with Gasteiger partial charge in [0.2, 0.25) is 0 Å². The summed E-state index contributed by atoms with van der Waals surface area (Å²) in [6.07, 6.45) is 26.0. The first-order valence-electron chi connectivity index (χ1n) is 42.1. The van der Waals surface area contributed by atoms with E-state index in [-0.39, 0.29) is 34.7 Å². The van der Waals surface area contributed by atoms with E-state index >= 15 is 0 Å². The number of imidazole rings is 7. The zero-order chi connectivity index (χ0) is 92.1. The molecule has 0 amide bonds. The van der Waals surface area contributed by atoms with Crippen molar-refractivity contribution in [3.8, 4) is 0 Å². The molecule has 22 aromatic rings. The van der Waals surface area contributed by atoms with Gasteiger partial charge in [0.25, 0.3) is 0 Å². The van der Waals surface area contributed by atoms with Crippen LogP contribution in [0.1, 0.15) is 147 Å². The van der Waals surface area contributed by atoms with Crippen LogP contribution in [0.25, 0.3) is 87.2 Å². The van der Waals surface area contributed by atoms with Gasteiger partial charge in [-0.1, -0.05) is 91.0 Å². The first-order chi connectivity index (χ1) is 64.0. The maximum absolute atomic E-state index is 14.0. The molecule has 9 aromatic carbocycles. The number of para-hydroxylation sites is 2. The van der Waals surface area contributed by atoms with Crippen LogP contribution in [0.5, 0.6) is 0 Å². The summed E-state index contributed by atoms with van der Waals surface area (Å²) in [5.74, 6) is 1.38. The molecule has 23 rings (SSSR count). The van der Waals surface area contributed by atoms with E-state index in [0.717, 1.165) is 40.4 Å². The van der Waals surface area contributed by atoms with Crippen molar-refractivity contribution in [2.75, 3.05) is 0 Å². The molecule has 27 nitrogen and oxygen atoms in total. The van der Waals surface area contributed by atoms with Crippen LogP contribution >= 0.6 is 0 Å². The summed E-state index contributed by atoms with van der Waals surface area (Å²) in [4.78, 5) is 48.6. The number of aromatic nitrogens is 19. The highest BCUT2D eigenvalue weighted by Gasteiger charge is 2.28. The van der Waals surface area contributed by atoms with Gasteiger partial charge in [0, 0.05) is 222 Å². The predicted molar refractivity (Wildman–Crippen MR) is 487 cm³/mol. The number of benzene rings is 9. The van der Waals surface area contributed by atoms with Gasteiger partial charge in [0.1, 0.15) is 118 Å². The van der Waals surface area contributed by atoms with Crippen molar-refractivity contribution in [2.24, 2.45) is 21.1 Å². The lowest BCUT2D eigenvalue weighted by Gasteiger charge is -2.14. The summed E-state index contributed by atoms with van der Waals surface area (Å²) in [6, 6.07) is 45.6. The Morgan fingerprint density at radius 3 is 1.08 bits per heavy atom. The summed E-state index contributed by atoms with van der Waals surface area (Å²) in [6.45, 7) is 5.64. The summed E-state index contributed by atoms with van der Waals surface area (Å²) in [7, 11) is 5.46. The van der Waals surface area contributed by atoms with Crippen LogP contribution in [0.4, 0.5) is 26.3 Å². The average Bonchev–Trinajstić information content (AvgIpc) is 1.63. The van der Waals surface area contributed by atoms with Gasteiger partial charge in [-0.3, -0.25) is 0 Å². The minimum absolute atomic E-state index is 0.152. The van der Waals surface area contributed by atoms with E-state index in [1.54, 1.807) is 192 Å². The van der Waals surface area contributed by atoms with Gasteiger partial charge in [0.15, 0.2) is 11.4 Å². The van der Waals surface area contributed by atoms with Crippen molar-refractivity contribution in [3.63, 3.8) is 0 Å². The molecule has 1 aliphatic heterocycles. The molecule has 132 heavy (non-hydrogen) atoms. The molecule has 0 saturated heterocycles. The lowest BCUT2D eigenvalue weighted by atomic mass is 9.96. The van der Waals surface area contributed by atoms with E-state index in [1.807, 2.05) is 88.2 Å². The van der Waals surface area contributed by atoms with Gasteiger partial charge in [0.05, 0.1) is 27.6 Å². The summed E-state index contributed by atoms with van der Waals surface area (Å²) >= 11 is 0. The number of nitrogens with zero attached hydrogens (tertiary/aromatic N) is 12. The first kappa shape index (κ1) is 88.5. The Balaban J connectivity index is 0.000000108. The topological polar surface area (TPSA) is 380 Å². The fourth-order valence-corrected chi connectivity index (χ4v) is 17.1. The van der Waals surface area contributed by atoms with Crippen LogP contribution in [0.3, 0.4) is 0 Å². The van der Waals surface area contributed by atoms with Crippen LogP contribution in [0.15, 0.2) is 280 Å². The minimum Gasteiger partial charge on any atom is -0.453 e. The monoisotopic (exact) mass is 1790 g/mol. The molecule has 0 fully saturated rings. The van der Waals surface area contributed by atoms with Gasteiger partial charge in [-0.15, -0.1) is 0 Å². The van der Waals surface area contributed by atoms with E-state index in [1.165, 1.54) is 53.9 Å². The fourth-order valence-electron chi connectivity index (χ4n) is 17.1. The molecule has 0 saturated carbocycles. The Morgan fingerprint density at radius 2 is 0.674 bits per heavy atom. The average molecular weight is 1790 g/mol. The molecule has 7 atom stereocenters. The molecule has 1 aliphatic rings. The smallest absolute Gasteiger partial charge is 0.171 e. The zero-order valence-corrected chi connectivity index (χ0v) is 71.5. The van der Waals surface area contributed by atoms with E-state index in [0.29, 0.717) is 141 Å². The molecular weight excluding hydrogens is 1700 g/mol. The highest BCUT2D eigenvalue weighted by molar-refractivity contribution is 6.07. The summed E-state index contributed by atoms with van der Waals surface area (Å²) in [5, 5.41) is 78.5. The molecule has 670 valence electrons. The minimum atomic E-state index is -0.968. The van der Waals surface area contributed by atoms with E-state index in [2.05, 4.69) is 86.5 Å². The number of hydrogen-bond donors (Lipinski definition) is 14. The van der Waals surface area contributed by atoms with Crippen molar-refractivity contribution >= 4 is 87.2 Å². The zero-order valence-electron chi connectivity index (χ0n) is 71.5. The third-order valence-corrected chi connectivity index (χ3v) is 23.4. The van der Waals surface area contributed by atoms with E-state index < -0.39 is 48.5 Å². The Labute approximate surface area is 747 Å². The van der Waals surface area contributed by atoms with Crippen molar-refractivity contribution in [3.05, 3.63) is 401 Å². The Kier molecular flexibility index (Phi) is 25.8. The van der Waals surface area contributed by atoms with Crippen molar-refractivity contribution < 1.29 is 66.5 Å². The van der Waals surface area contributed by atoms with Crippen LogP contribution in [0, 0.1) is 41.8 Å². The number of hydrogen-bond acceptors (Lipinski definition) is 15. The van der Waals surface area contributed by atoms with Crippen LogP contribution in [-0.2, 0) is 40.7 Å². The molecule has 14 heterocycles. The lowest BCUT2D eigenvalue weighted by Crippen LogP contribution is -2.05. The summed E-state index contributed by atoms with van der Waals surface area (Å²) in [5.41, 5.74) is 11.6. The normalized spacial score (nSPS) is 13.4. The first-order valence-corrected chi connectivity index (χ1v) is 42.1. The Bertz CT molecular complexity index is 7340. The number of furan rings is 1. The number of nitrogens with one attached hydrogen (secondary N) is 7. The number of aliphatic hydroxyl groups excluding tert-OH is 7. The molecule has 0 aliphatic carbocycles. The molecule has 0 radical (unpaired) electrons. The largest absolute Gasteiger partial charge is 0.453 e. The maximum Gasteiger partial charge on any atom is 0.171 e. The highest BCUT2D eigenvalue weighted by Crippen LogP contribution is 2.41. The number of aryl methyl sites for hydroxylation is 7. The van der Waals surface area contributed by atoms with Crippen LogP contribution in [0.2, 0.25) is 0 Å². The van der Waals surface area contributed by atoms with Gasteiger partial charge >= 0.3 is 0 Å². The van der Waals surface area contributed by atoms with Crippen LogP contribution in [-0.4, -0.2) is 128 Å². The number of aliphatic hydroxyl groups is 7. The molecule has 0 spiro atoms. The molecule has 14 N–H and O–H groups in total. The maximum atomic E-state index is 14.0. The predicted octanol–water partition coefficient (Wildman–Crippen LogP) is 18.0. The number of fused-ring (bicyclic) bond motifs is 11. The van der Waals surface area contributed by atoms with Gasteiger partial charge in [-0.05, 0) is 122 Å². The Hall–Kier alpha value is -15.5. The van der Waals surface area contributed by atoms with Crippen molar-refractivity contribution in [1.82, 2.24) is 92.6 Å². The second-order valence-electron chi connectivity index (χ2n) is 31.4. The fraction of sp³-hybridized carbons (Fsp3) is 0.162. The third kappa shape index (κ3) is 17.5. The molecule has 13 aromatic heterocycles.